The van der Waals surface area contributed by atoms with E-state index in [2.05, 4.69) is 0 Å². The second kappa shape index (κ2) is 5.52. The summed E-state index contributed by atoms with van der Waals surface area (Å²) in [7, 11) is 0. The van der Waals surface area contributed by atoms with Crippen LogP contribution in [0.2, 0.25) is 0 Å². The van der Waals surface area contributed by atoms with Gasteiger partial charge in [0.2, 0.25) is 0 Å². The summed E-state index contributed by atoms with van der Waals surface area (Å²) in [5.41, 5.74) is 2.29. The molecule has 1 heterocycles. The largest absolute Gasteiger partial charge is 0.508 e. The van der Waals surface area contributed by atoms with E-state index in [4.69, 9.17) is 0 Å². The summed E-state index contributed by atoms with van der Waals surface area (Å²) in [6.45, 7) is 0.271. The average molecular weight is 297 g/mol. The van der Waals surface area contributed by atoms with E-state index in [1.807, 2.05) is 24.3 Å². The predicted molar refractivity (Wildman–Crippen MR) is 79.6 cm³/mol. The van der Waals surface area contributed by atoms with Gasteiger partial charge in [-0.3, -0.25) is 4.79 Å². The molecule has 22 heavy (non-hydrogen) atoms. The number of amides is 1. The zero-order valence-corrected chi connectivity index (χ0v) is 11.8. The Hall–Kier alpha value is -2.82. The minimum absolute atomic E-state index is 0.0651. The minimum Gasteiger partial charge on any atom is -0.508 e. The van der Waals surface area contributed by atoms with Crippen LogP contribution in [0.1, 0.15) is 21.5 Å². The van der Waals surface area contributed by atoms with E-state index in [1.54, 1.807) is 0 Å². The number of phenolic OH excluding ortho intramolecular Hbond substituents is 1. The van der Waals surface area contributed by atoms with Gasteiger partial charge in [-0.15, -0.1) is 0 Å². The van der Waals surface area contributed by atoms with Crippen LogP contribution < -0.4 is 0 Å². The molecule has 1 aliphatic heterocycles. The number of fused-ring (bicyclic) bond motifs is 1. The monoisotopic (exact) mass is 297 g/mol. The van der Waals surface area contributed by atoms with Crippen molar-refractivity contribution in [1.29, 1.82) is 0 Å². The second-order valence-corrected chi connectivity index (χ2v) is 5.31. The van der Waals surface area contributed by atoms with Crippen LogP contribution in [0, 0.1) is 0 Å². The summed E-state index contributed by atoms with van der Waals surface area (Å²) < 4.78 is 0. The number of aromatic hydroxyl groups is 1. The molecule has 0 aliphatic carbocycles. The van der Waals surface area contributed by atoms with E-state index < -0.39 is 12.0 Å². The molecule has 3 rings (SSSR count). The van der Waals surface area contributed by atoms with Crippen molar-refractivity contribution in [3.63, 3.8) is 0 Å². The Bertz CT molecular complexity index is 724. The number of nitrogens with zero attached hydrogens (tertiary/aromatic N) is 1. The molecule has 5 nitrogen and oxygen atoms in total. The number of aliphatic carboxylic acids is 1. The van der Waals surface area contributed by atoms with Crippen LogP contribution in [0.25, 0.3) is 0 Å². The number of carboxylic acids is 1. The molecule has 5 heteroatoms. The number of rotatable bonds is 2. The number of carbonyl (C=O) groups is 2. The third-order valence-corrected chi connectivity index (χ3v) is 3.91. The summed E-state index contributed by atoms with van der Waals surface area (Å²) in [4.78, 5) is 25.5. The number of hydrogen-bond donors (Lipinski definition) is 2. The predicted octanol–water partition coefficient (Wildman–Crippen LogP) is 2.04. The Morgan fingerprint density at radius 3 is 2.27 bits per heavy atom. The molecule has 1 amide bonds. The van der Waals surface area contributed by atoms with Gasteiger partial charge in [0, 0.05) is 18.5 Å². The molecule has 0 saturated carbocycles. The molecule has 0 fully saturated rings. The van der Waals surface area contributed by atoms with E-state index in [0.717, 1.165) is 11.1 Å². The summed E-state index contributed by atoms with van der Waals surface area (Å²) in [6, 6.07) is 12.5. The Labute approximate surface area is 127 Å². The zero-order chi connectivity index (χ0) is 15.7. The van der Waals surface area contributed by atoms with Gasteiger partial charge >= 0.3 is 5.97 Å². The summed E-state index contributed by atoms with van der Waals surface area (Å²) in [5.74, 6) is -1.29. The van der Waals surface area contributed by atoms with E-state index in [-0.39, 0.29) is 18.2 Å². The average Bonchev–Trinajstić information content (AvgIpc) is 2.53. The van der Waals surface area contributed by atoms with E-state index >= 15 is 0 Å². The molecule has 0 radical (unpaired) electrons. The van der Waals surface area contributed by atoms with E-state index in [1.165, 1.54) is 29.2 Å². The first-order valence-electron chi connectivity index (χ1n) is 6.96. The molecular weight excluding hydrogens is 282 g/mol. The molecule has 0 saturated heterocycles. The molecule has 0 aromatic heterocycles. The number of benzene rings is 2. The molecule has 2 aromatic rings. The van der Waals surface area contributed by atoms with Gasteiger partial charge in [-0.1, -0.05) is 24.3 Å². The third-order valence-electron chi connectivity index (χ3n) is 3.91. The smallest absolute Gasteiger partial charge is 0.326 e. The highest BCUT2D eigenvalue weighted by atomic mass is 16.4. The van der Waals surface area contributed by atoms with Crippen molar-refractivity contribution in [2.75, 3.05) is 0 Å². The zero-order valence-electron chi connectivity index (χ0n) is 11.8. The van der Waals surface area contributed by atoms with Crippen LogP contribution in [0.4, 0.5) is 0 Å². The molecule has 0 bridgehead atoms. The van der Waals surface area contributed by atoms with Crippen LogP contribution in [0.15, 0.2) is 48.5 Å². The number of hydrogen-bond acceptors (Lipinski definition) is 3. The highest BCUT2D eigenvalue weighted by molar-refractivity contribution is 5.97. The van der Waals surface area contributed by atoms with Crippen molar-refractivity contribution in [2.24, 2.45) is 0 Å². The SMILES string of the molecule is O=C(O)C1Cc2ccccc2CN1C(=O)c1ccc(O)cc1. The third kappa shape index (κ3) is 2.53. The van der Waals surface area contributed by atoms with Gasteiger partial charge in [0.25, 0.3) is 5.91 Å². The van der Waals surface area contributed by atoms with Gasteiger partial charge in [-0.05, 0) is 35.4 Å². The molecular formula is C17H15NO4. The first kappa shape index (κ1) is 14.1. The van der Waals surface area contributed by atoms with Crippen LogP contribution in [-0.2, 0) is 17.8 Å². The molecule has 1 unspecified atom stereocenters. The highest BCUT2D eigenvalue weighted by Gasteiger charge is 2.34. The maximum absolute atomic E-state index is 12.6. The topological polar surface area (TPSA) is 77.8 Å². The lowest BCUT2D eigenvalue weighted by Gasteiger charge is -2.34. The van der Waals surface area contributed by atoms with Crippen LogP contribution in [0.5, 0.6) is 5.75 Å². The van der Waals surface area contributed by atoms with E-state index in [9.17, 15) is 19.8 Å². The fourth-order valence-electron chi connectivity index (χ4n) is 2.73. The molecule has 2 N–H and O–H groups in total. The standard InChI is InChI=1S/C17H15NO4/c19-14-7-5-11(6-8-14)16(20)18-10-13-4-2-1-3-12(13)9-15(18)17(21)22/h1-8,15,19H,9-10H2,(H,21,22). The number of phenols is 1. The van der Waals surface area contributed by atoms with Gasteiger partial charge in [-0.25, -0.2) is 4.79 Å². The molecule has 1 aliphatic rings. The van der Waals surface area contributed by atoms with Crippen molar-refractivity contribution in [3.05, 3.63) is 65.2 Å². The van der Waals surface area contributed by atoms with Gasteiger partial charge in [-0.2, -0.15) is 0 Å². The Kier molecular flexibility index (Phi) is 3.55. The summed E-state index contributed by atoms with van der Waals surface area (Å²) in [5, 5.41) is 18.7. The summed E-state index contributed by atoms with van der Waals surface area (Å²) >= 11 is 0. The summed E-state index contributed by atoms with van der Waals surface area (Å²) in [6.07, 6.45) is 0.301. The van der Waals surface area contributed by atoms with Gasteiger partial charge in [0.05, 0.1) is 0 Å². The van der Waals surface area contributed by atoms with Gasteiger partial charge in [0.1, 0.15) is 11.8 Å². The molecule has 2 aromatic carbocycles. The first-order chi connectivity index (χ1) is 10.6. The van der Waals surface area contributed by atoms with Crippen molar-refractivity contribution in [3.8, 4) is 5.75 Å². The van der Waals surface area contributed by atoms with Crippen LogP contribution >= 0.6 is 0 Å². The minimum atomic E-state index is -1.01. The van der Waals surface area contributed by atoms with Gasteiger partial charge in [0.15, 0.2) is 0 Å². The van der Waals surface area contributed by atoms with Gasteiger partial charge < -0.3 is 15.1 Å². The lowest BCUT2D eigenvalue weighted by atomic mass is 9.93. The first-order valence-corrected chi connectivity index (χ1v) is 6.96. The molecule has 1 atom stereocenters. The van der Waals surface area contributed by atoms with Crippen molar-refractivity contribution >= 4 is 11.9 Å². The molecule has 112 valence electrons. The fraction of sp³-hybridized carbons (Fsp3) is 0.176. The second-order valence-electron chi connectivity index (χ2n) is 5.31. The molecule has 0 spiro atoms. The Morgan fingerprint density at radius 1 is 1.00 bits per heavy atom. The number of carbonyl (C=O) groups excluding carboxylic acids is 1. The highest BCUT2D eigenvalue weighted by Crippen LogP contribution is 2.25. The van der Waals surface area contributed by atoms with Crippen molar-refractivity contribution in [2.45, 2.75) is 19.0 Å². The number of carboxylic acid groups (broad SMARTS) is 1. The maximum Gasteiger partial charge on any atom is 0.326 e. The van der Waals surface area contributed by atoms with Crippen LogP contribution in [0.3, 0.4) is 0 Å². The quantitative estimate of drug-likeness (QED) is 0.889. The Balaban J connectivity index is 1.95. The fourth-order valence-corrected chi connectivity index (χ4v) is 2.73. The maximum atomic E-state index is 12.6. The lowest BCUT2D eigenvalue weighted by Crippen LogP contribution is -2.48. The van der Waals surface area contributed by atoms with E-state index in [0.29, 0.717) is 12.0 Å². The lowest BCUT2D eigenvalue weighted by molar-refractivity contribution is -0.142. The Morgan fingerprint density at radius 2 is 1.64 bits per heavy atom. The van der Waals surface area contributed by atoms with Crippen molar-refractivity contribution in [1.82, 2.24) is 4.90 Å². The van der Waals surface area contributed by atoms with Crippen molar-refractivity contribution < 1.29 is 19.8 Å². The normalized spacial score (nSPS) is 16.9. The van der Waals surface area contributed by atoms with Crippen LogP contribution in [-0.4, -0.2) is 33.0 Å².